The van der Waals surface area contributed by atoms with Crippen LogP contribution in [-0.2, 0) is 6.54 Å². The Hall–Kier alpha value is -1.69. The Balaban J connectivity index is 2.17. The topological polar surface area (TPSA) is 67.2 Å². The summed E-state index contributed by atoms with van der Waals surface area (Å²) in [4.78, 5) is 26.1. The Morgan fingerprint density at radius 2 is 2.00 bits per heavy atom. The van der Waals surface area contributed by atoms with Gasteiger partial charge in [0.1, 0.15) is 5.69 Å². The summed E-state index contributed by atoms with van der Waals surface area (Å²) in [6, 6.07) is 3.50. The largest absolute Gasteiger partial charge is 0.334 e. The molecule has 2 rings (SSSR count). The first-order valence-electron chi connectivity index (χ1n) is 7.64. The highest BCUT2D eigenvalue weighted by Gasteiger charge is 2.26. The van der Waals surface area contributed by atoms with Gasteiger partial charge in [-0.1, -0.05) is 13.3 Å². The van der Waals surface area contributed by atoms with E-state index in [0.29, 0.717) is 25.3 Å². The van der Waals surface area contributed by atoms with E-state index in [4.69, 9.17) is 0 Å². The van der Waals surface area contributed by atoms with E-state index in [9.17, 15) is 9.59 Å². The number of amides is 1. The maximum Gasteiger partial charge on any atom is 0.274 e. The van der Waals surface area contributed by atoms with Crippen LogP contribution >= 0.6 is 0 Å². The van der Waals surface area contributed by atoms with Gasteiger partial charge >= 0.3 is 0 Å². The van der Waals surface area contributed by atoms with Gasteiger partial charge in [0.15, 0.2) is 0 Å². The van der Waals surface area contributed by atoms with Gasteiger partial charge in [-0.2, -0.15) is 5.10 Å². The van der Waals surface area contributed by atoms with Crippen LogP contribution in [0.1, 0.15) is 44.1 Å². The molecule has 1 N–H and O–H groups in total. The summed E-state index contributed by atoms with van der Waals surface area (Å²) < 4.78 is 1.39. The third-order valence-electron chi connectivity index (χ3n) is 3.65. The van der Waals surface area contributed by atoms with E-state index >= 15 is 0 Å². The summed E-state index contributed by atoms with van der Waals surface area (Å²) in [5, 5.41) is 7.62. The Morgan fingerprint density at radius 1 is 1.33 bits per heavy atom. The lowest BCUT2D eigenvalue weighted by atomic mass is 10.1. The van der Waals surface area contributed by atoms with Crippen LogP contribution < -0.4 is 10.9 Å². The molecular weight excluding hydrogens is 268 g/mol. The average molecular weight is 292 g/mol. The van der Waals surface area contributed by atoms with E-state index in [1.807, 2.05) is 4.90 Å². The predicted molar refractivity (Wildman–Crippen MR) is 81.4 cm³/mol. The second-order valence-electron chi connectivity index (χ2n) is 5.81. The van der Waals surface area contributed by atoms with E-state index in [2.05, 4.69) is 31.2 Å². The molecule has 1 aromatic rings. The summed E-state index contributed by atoms with van der Waals surface area (Å²) in [5.41, 5.74) is 0.203. The SMILES string of the molecule is CCCCn1nc(C(=O)N2C[C@H](C)N[C@@H](C)C2)ccc1=O. The fourth-order valence-electron chi connectivity index (χ4n) is 2.69. The molecule has 116 valence electrons. The molecule has 1 aliphatic heterocycles. The lowest BCUT2D eigenvalue weighted by Gasteiger charge is -2.35. The number of carbonyl (C=O) groups excluding carboxylic acids is 1. The number of hydrogen-bond acceptors (Lipinski definition) is 4. The van der Waals surface area contributed by atoms with Crippen LogP contribution in [0.25, 0.3) is 0 Å². The van der Waals surface area contributed by atoms with Crippen molar-refractivity contribution >= 4 is 5.91 Å². The lowest BCUT2D eigenvalue weighted by Crippen LogP contribution is -2.56. The molecule has 1 fully saturated rings. The minimum Gasteiger partial charge on any atom is -0.334 e. The van der Waals surface area contributed by atoms with Crippen molar-refractivity contribution in [1.82, 2.24) is 20.0 Å². The van der Waals surface area contributed by atoms with Gasteiger partial charge < -0.3 is 10.2 Å². The highest BCUT2D eigenvalue weighted by atomic mass is 16.2. The fraction of sp³-hybridized carbons (Fsp3) is 0.667. The molecule has 0 bridgehead atoms. The molecule has 0 saturated carbocycles. The fourth-order valence-corrected chi connectivity index (χ4v) is 2.69. The van der Waals surface area contributed by atoms with Crippen LogP contribution in [-0.4, -0.2) is 45.8 Å². The summed E-state index contributed by atoms with van der Waals surface area (Å²) >= 11 is 0. The minimum atomic E-state index is -0.151. The Kier molecular flexibility index (Phi) is 5.12. The van der Waals surface area contributed by atoms with Crippen LogP contribution in [0.4, 0.5) is 0 Å². The molecule has 1 amide bonds. The number of rotatable bonds is 4. The van der Waals surface area contributed by atoms with Gasteiger partial charge in [-0.15, -0.1) is 0 Å². The van der Waals surface area contributed by atoms with Gasteiger partial charge in [0, 0.05) is 37.8 Å². The van der Waals surface area contributed by atoms with Crippen molar-refractivity contribution in [2.75, 3.05) is 13.1 Å². The van der Waals surface area contributed by atoms with Crippen molar-refractivity contribution in [3.8, 4) is 0 Å². The predicted octanol–water partition coefficient (Wildman–Crippen LogP) is 0.866. The summed E-state index contributed by atoms with van der Waals surface area (Å²) in [5.74, 6) is -0.0968. The van der Waals surface area contributed by atoms with E-state index in [1.54, 1.807) is 0 Å². The monoisotopic (exact) mass is 292 g/mol. The number of carbonyl (C=O) groups is 1. The normalized spacial score (nSPS) is 22.3. The zero-order chi connectivity index (χ0) is 15.4. The van der Waals surface area contributed by atoms with Crippen LogP contribution in [0.15, 0.2) is 16.9 Å². The van der Waals surface area contributed by atoms with Crippen LogP contribution in [0, 0.1) is 0 Å². The van der Waals surface area contributed by atoms with Crippen molar-refractivity contribution in [3.63, 3.8) is 0 Å². The van der Waals surface area contributed by atoms with Gasteiger partial charge in [0.05, 0.1) is 0 Å². The number of piperazine rings is 1. The molecule has 6 nitrogen and oxygen atoms in total. The molecular formula is C15H24N4O2. The minimum absolute atomic E-state index is 0.0968. The molecule has 1 aliphatic rings. The summed E-state index contributed by atoms with van der Waals surface area (Å²) in [7, 11) is 0. The van der Waals surface area contributed by atoms with E-state index in [-0.39, 0.29) is 23.6 Å². The standard InChI is InChI=1S/C15H24N4O2/c1-4-5-8-19-14(20)7-6-13(17-19)15(21)18-9-11(2)16-12(3)10-18/h6-7,11-12,16H,4-5,8-10H2,1-3H3/t11-,12-/m0/s1. The first kappa shape index (κ1) is 15.7. The Bertz CT molecular complexity index is 545. The van der Waals surface area contributed by atoms with Crippen molar-refractivity contribution in [2.24, 2.45) is 0 Å². The third kappa shape index (κ3) is 3.91. The third-order valence-corrected chi connectivity index (χ3v) is 3.65. The zero-order valence-corrected chi connectivity index (χ0v) is 13.0. The number of hydrogen-bond donors (Lipinski definition) is 1. The second-order valence-corrected chi connectivity index (χ2v) is 5.81. The highest BCUT2D eigenvalue weighted by Crippen LogP contribution is 2.08. The number of unbranched alkanes of at least 4 members (excludes halogenated alkanes) is 1. The molecule has 21 heavy (non-hydrogen) atoms. The Labute approximate surface area is 125 Å². The first-order valence-corrected chi connectivity index (χ1v) is 7.64. The Morgan fingerprint density at radius 3 is 2.62 bits per heavy atom. The van der Waals surface area contributed by atoms with Crippen molar-refractivity contribution < 1.29 is 4.79 Å². The molecule has 6 heteroatoms. The zero-order valence-electron chi connectivity index (χ0n) is 13.0. The van der Waals surface area contributed by atoms with Crippen LogP contribution in [0.5, 0.6) is 0 Å². The molecule has 1 aromatic heterocycles. The van der Waals surface area contributed by atoms with Gasteiger partial charge in [-0.05, 0) is 26.3 Å². The first-order chi connectivity index (χ1) is 10.0. The number of aryl methyl sites for hydroxylation is 1. The quantitative estimate of drug-likeness (QED) is 0.894. The molecule has 0 unspecified atom stereocenters. The van der Waals surface area contributed by atoms with Crippen molar-refractivity contribution in [3.05, 3.63) is 28.2 Å². The highest BCUT2D eigenvalue weighted by molar-refractivity contribution is 5.92. The van der Waals surface area contributed by atoms with E-state index < -0.39 is 0 Å². The van der Waals surface area contributed by atoms with Gasteiger partial charge in [-0.3, -0.25) is 9.59 Å². The summed E-state index contributed by atoms with van der Waals surface area (Å²) in [6.07, 6.45) is 1.87. The summed E-state index contributed by atoms with van der Waals surface area (Å²) in [6.45, 7) is 8.07. The molecule has 2 heterocycles. The molecule has 2 atom stereocenters. The lowest BCUT2D eigenvalue weighted by molar-refractivity contribution is 0.0665. The second kappa shape index (κ2) is 6.85. The molecule has 0 aromatic carbocycles. The molecule has 0 radical (unpaired) electrons. The van der Waals surface area contributed by atoms with Gasteiger partial charge in [0.25, 0.3) is 11.5 Å². The average Bonchev–Trinajstić information content (AvgIpc) is 2.44. The van der Waals surface area contributed by atoms with Gasteiger partial charge in [0.2, 0.25) is 0 Å². The smallest absolute Gasteiger partial charge is 0.274 e. The van der Waals surface area contributed by atoms with Crippen molar-refractivity contribution in [2.45, 2.75) is 52.2 Å². The van der Waals surface area contributed by atoms with Crippen LogP contribution in [0.3, 0.4) is 0 Å². The van der Waals surface area contributed by atoms with Crippen molar-refractivity contribution in [1.29, 1.82) is 0 Å². The molecule has 0 spiro atoms. The van der Waals surface area contributed by atoms with E-state index in [1.165, 1.54) is 16.8 Å². The maximum absolute atomic E-state index is 12.5. The molecule has 0 aliphatic carbocycles. The maximum atomic E-state index is 12.5. The van der Waals surface area contributed by atoms with Crippen LogP contribution in [0.2, 0.25) is 0 Å². The number of nitrogens with zero attached hydrogens (tertiary/aromatic N) is 3. The van der Waals surface area contributed by atoms with Gasteiger partial charge in [-0.25, -0.2) is 4.68 Å². The number of nitrogens with one attached hydrogen (secondary N) is 1. The number of aromatic nitrogens is 2. The molecule has 1 saturated heterocycles. The van der Waals surface area contributed by atoms with E-state index in [0.717, 1.165) is 12.8 Å².